The Morgan fingerprint density at radius 2 is 1.89 bits per heavy atom. The average Bonchev–Trinajstić information content (AvgIpc) is 3.07. The van der Waals surface area contributed by atoms with Crippen molar-refractivity contribution in [1.29, 1.82) is 0 Å². The molecule has 0 saturated carbocycles. The minimum absolute atomic E-state index is 0.0493. The molecule has 0 bridgehead atoms. The summed E-state index contributed by atoms with van der Waals surface area (Å²) in [6, 6.07) is 12.0. The van der Waals surface area contributed by atoms with Crippen molar-refractivity contribution >= 4 is 23.5 Å². The second-order valence-electron chi connectivity index (χ2n) is 6.37. The van der Waals surface area contributed by atoms with Gasteiger partial charge in [-0.3, -0.25) is 14.4 Å². The van der Waals surface area contributed by atoms with Crippen LogP contribution in [0.25, 0.3) is 0 Å². The Kier molecular flexibility index (Phi) is 5.98. The number of anilines is 1. The molecule has 0 radical (unpaired) electrons. The SMILES string of the molecule is O=C(CNC(=O)C1CC(=O)N(c2ccc(F)cc2F)C1)OCc1ccccc1. The predicted molar refractivity (Wildman–Crippen MR) is 96.1 cm³/mol. The Bertz CT molecular complexity index is 889. The van der Waals surface area contributed by atoms with E-state index >= 15 is 0 Å². The van der Waals surface area contributed by atoms with Gasteiger partial charge >= 0.3 is 5.97 Å². The summed E-state index contributed by atoms with van der Waals surface area (Å²) in [5, 5.41) is 2.43. The fourth-order valence-electron chi connectivity index (χ4n) is 2.91. The van der Waals surface area contributed by atoms with Crippen LogP contribution in [-0.4, -0.2) is 30.9 Å². The molecule has 0 spiro atoms. The van der Waals surface area contributed by atoms with Gasteiger partial charge in [0.15, 0.2) is 0 Å². The summed E-state index contributed by atoms with van der Waals surface area (Å²) in [4.78, 5) is 37.2. The summed E-state index contributed by atoms with van der Waals surface area (Å²) in [5.41, 5.74) is 0.740. The fourth-order valence-corrected chi connectivity index (χ4v) is 2.91. The highest BCUT2D eigenvalue weighted by atomic mass is 19.1. The smallest absolute Gasteiger partial charge is 0.325 e. The van der Waals surface area contributed by atoms with Crippen LogP contribution in [0.4, 0.5) is 14.5 Å². The third-order valence-corrected chi connectivity index (χ3v) is 4.35. The summed E-state index contributed by atoms with van der Waals surface area (Å²) in [5.74, 6) is -3.93. The van der Waals surface area contributed by atoms with E-state index < -0.39 is 35.3 Å². The highest BCUT2D eigenvalue weighted by Gasteiger charge is 2.36. The maximum atomic E-state index is 13.9. The fraction of sp³-hybridized carbons (Fsp3) is 0.250. The van der Waals surface area contributed by atoms with Crippen LogP contribution in [0.2, 0.25) is 0 Å². The van der Waals surface area contributed by atoms with Crippen molar-refractivity contribution in [3.63, 3.8) is 0 Å². The van der Waals surface area contributed by atoms with Crippen LogP contribution in [0.3, 0.4) is 0 Å². The third kappa shape index (κ3) is 4.70. The van der Waals surface area contributed by atoms with Gasteiger partial charge < -0.3 is 15.0 Å². The van der Waals surface area contributed by atoms with E-state index in [0.29, 0.717) is 6.07 Å². The lowest BCUT2D eigenvalue weighted by Gasteiger charge is -2.17. The molecule has 1 unspecified atom stereocenters. The van der Waals surface area contributed by atoms with E-state index in [2.05, 4.69) is 5.32 Å². The molecule has 146 valence electrons. The first kappa shape index (κ1) is 19.5. The summed E-state index contributed by atoms with van der Waals surface area (Å²) < 4.78 is 32.0. The molecule has 1 saturated heterocycles. The van der Waals surface area contributed by atoms with Crippen molar-refractivity contribution in [2.24, 2.45) is 5.92 Å². The molecule has 1 N–H and O–H groups in total. The molecule has 1 aliphatic rings. The molecule has 1 atom stereocenters. The zero-order chi connectivity index (χ0) is 20.1. The van der Waals surface area contributed by atoms with E-state index in [1.54, 1.807) is 12.1 Å². The van der Waals surface area contributed by atoms with Crippen LogP contribution in [0.5, 0.6) is 0 Å². The zero-order valence-corrected chi connectivity index (χ0v) is 14.9. The normalized spacial score (nSPS) is 16.1. The largest absolute Gasteiger partial charge is 0.460 e. The summed E-state index contributed by atoms with van der Waals surface area (Å²) in [6.45, 7) is -0.289. The van der Waals surface area contributed by atoms with Crippen LogP contribution in [0.15, 0.2) is 48.5 Å². The van der Waals surface area contributed by atoms with E-state index in [9.17, 15) is 23.2 Å². The quantitative estimate of drug-likeness (QED) is 0.770. The first-order chi connectivity index (χ1) is 13.4. The number of halogens is 2. The van der Waals surface area contributed by atoms with E-state index in [1.165, 1.54) is 0 Å². The van der Waals surface area contributed by atoms with Crippen molar-refractivity contribution in [3.8, 4) is 0 Å². The van der Waals surface area contributed by atoms with Gasteiger partial charge in [0, 0.05) is 19.0 Å². The minimum atomic E-state index is -0.876. The van der Waals surface area contributed by atoms with Gasteiger partial charge in [-0.1, -0.05) is 30.3 Å². The number of nitrogens with zero attached hydrogens (tertiary/aromatic N) is 1. The first-order valence-corrected chi connectivity index (χ1v) is 8.66. The number of carbonyl (C=O) groups excluding carboxylic acids is 3. The first-order valence-electron chi connectivity index (χ1n) is 8.66. The molecule has 28 heavy (non-hydrogen) atoms. The number of carbonyl (C=O) groups is 3. The minimum Gasteiger partial charge on any atom is -0.460 e. The number of hydrogen-bond donors (Lipinski definition) is 1. The topological polar surface area (TPSA) is 75.7 Å². The van der Waals surface area contributed by atoms with E-state index in [-0.39, 0.29) is 31.8 Å². The van der Waals surface area contributed by atoms with Gasteiger partial charge in [-0.15, -0.1) is 0 Å². The van der Waals surface area contributed by atoms with Crippen molar-refractivity contribution in [2.75, 3.05) is 18.0 Å². The van der Waals surface area contributed by atoms with Gasteiger partial charge in [-0.2, -0.15) is 0 Å². The van der Waals surface area contributed by atoms with Gasteiger partial charge in [0.25, 0.3) is 0 Å². The number of amides is 2. The van der Waals surface area contributed by atoms with E-state index in [4.69, 9.17) is 4.74 Å². The van der Waals surface area contributed by atoms with Crippen LogP contribution in [0.1, 0.15) is 12.0 Å². The molecule has 6 nitrogen and oxygen atoms in total. The number of rotatable bonds is 6. The van der Waals surface area contributed by atoms with Crippen LogP contribution in [-0.2, 0) is 25.7 Å². The standard InChI is InChI=1S/C20H18F2N2O4/c21-15-6-7-17(16(22)9-15)24-11-14(8-18(24)25)20(27)23-10-19(26)28-12-13-4-2-1-3-5-13/h1-7,9,14H,8,10-12H2,(H,23,27). The number of esters is 1. The molecule has 0 aliphatic carbocycles. The maximum absolute atomic E-state index is 13.9. The molecule has 2 aromatic rings. The lowest BCUT2D eigenvalue weighted by molar-refractivity contribution is -0.145. The zero-order valence-electron chi connectivity index (χ0n) is 14.9. The van der Waals surface area contributed by atoms with Crippen LogP contribution < -0.4 is 10.2 Å². The van der Waals surface area contributed by atoms with Crippen LogP contribution >= 0.6 is 0 Å². The molecule has 3 rings (SSSR count). The summed E-state index contributed by atoms with van der Waals surface area (Å²) in [6.07, 6.45) is -0.123. The van der Waals surface area contributed by atoms with Crippen molar-refractivity contribution in [1.82, 2.24) is 5.32 Å². The van der Waals surface area contributed by atoms with Gasteiger partial charge in [0.05, 0.1) is 11.6 Å². The number of nitrogens with one attached hydrogen (secondary N) is 1. The molecule has 1 fully saturated rings. The molecule has 1 aliphatic heterocycles. The Morgan fingerprint density at radius 3 is 2.61 bits per heavy atom. The van der Waals surface area contributed by atoms with Gasteiger partial charge in [-0.25, -0.2) is 8.78 Å². The van der Waals surface area contributed by atoms with E-state index in [0.717, 1.165) is 22.6 Å². The average molecular weight is 388 g/mol. The molecule has 2 aromatic carbocycles. The molecule has 1 heterocycles. The Balaban J connectivity index is 1.49. The number of ether oxygens (including phenoxy) is 1. The van der Waals surface area contributed by atoms with Gasteiger partial charge in [0.2, 0.25) is 11.8 Å². The maximum Gasteiger partial charge on any atom is 0.325 e. The summed E-state index contributed by atoms with van der Waals surface area (Å²) in [7, 11) is 0. The lowest BCUT2D eigenvalue weighted by Crippen LogP contribution is -2.36. The number of hydrogen-bond acceptors (Lipinski definition) is 4. The van der Waals surface area contributed by atoms with Crippen molar-refractivity contribution in [2.45, 2.75) is 13.0 Å². The molecule has 8 heteroatoms. The predicted octanol–water partition coefficient (Wildman–Crippen LogP) is 2.18. The van der Waals surface area contributed by atoms with Gasteiger partial charge in [-0.05, 0) is 17.7 Å². The highest BCUT2D eigenvalue weighted by Crippen LogP contribution is 2.27. The van der Waals surface area contributed by atoms with Gasteiger partial charge in [0.1, 0.15) is 24.8 Å². The third-order valence-electron chi connectivity index (χ3n) is 4.35. The summed E-state index contributed by atoms with van der Waals surface area (Å²) >= 11 is 0. The van der Waals surface area contributed by atoms with Crippen LogP contribution in [0, 0.1) is 17.6 Å². The van der Waals surface area contributed by atoms with E-state index in [1.807, 2.05) is 18.2 Å². The van der Waals surface area contributed by atoms with Crippen molar-refractivity contribution in [3.05, 3.63) is 65.7 Å². The lowest BCUT2D eigenvalue weighted by atomic mass is 10.1. The Morgan fingerprint density at radius 1 is 1.14 bits per heavy atom. The highest BCUT2D eigenvalue weighted by molar-refractivity contribution is 6.00. The second-order valence-corrected chi connectivity index (χ2v) is 6.37. The Labute approximate surface area is 160 Å². The molecule has 2 amide bonds. The molecule has 0 aromatic heterocycles. The monoisotopic (exact) mass is 388 g/mol. The Hall–Kier alpha value is -3.29. The molecular formula is C20H18F2N2O4. The second kappa shape index (κ2) is 8.60. The number of benzene rings is 2. The molecular weight excluding hydrogens is 370 g/mol. The van der Waals surface area contributed by atoms with Crippen molar-refractivity contribution < 1.29 is 27.9 Å².